The van der Waals surface area contributed by atoms with Crippen molar-refractivity contribution >= 4 is 11.9 Å². The van der Waals surface area contributed by atoms with Crippen LogP contribution in [-0.2, 0) is 11.8 Å². The third kappa shape index (κ3) is 3.62. The van der Waals surface area contributed by atoms with E-state index < -0.39 is 5.97 Å². The molecule has 1 aromatic rings. The predicted molar refractivity (Wildman–Crippen MR) is 78.0 cm³/mol. The molecule has 2 rings (SSSR count). The summed E-state index contributed by atoms with van der Waals surface area (Å²) in [4.78, 5) is 25.3. The molecular formula is C15H23N3O3. The molecule has 1 fully saturated rings. The van der Waals surface area contributed by atoms with Crippen molar-refractivity contribution in [1.82, 2.24) is 14.7 Å². The number of rotatable bonds is 4. The number of carbonyl (C=O) groups is 2. The maximum absolute atomic E-state index is 12.6. The molecule has 2 unspecified atom stereocenters. The van der Waals surface area contributed by atoms with Gasteiger partial charge in [-0.2, -0.15) is 5.10 Å². The molecule has 1 aliphatic rings. The van der Waals surface area contributed by atoms with Crippen molar-refractivity contribution in [2.75, 3.05) is 13.1 Å². The highest BCUT2D eigenvalue weighted by molar-refractivity contribution is 5.95. The molecule has 1 aliphatic heterocycles. The van der Waals surface area contributed by atoms with Crippen molar-refractivity contribution < 1.29 is 14.7 Å². The molecule has 0 spiro atoms. The van der Waals surface area contributed by atoms with E-state index in [9.17, 15) is 9.59 Å². The fourth-order valence-electron chi connectivity index (χ4n) is 3.08. The molecule has 2 atom stereocenters. The van der Waals surface area contributed by atoms with Crippen molar-refractivity contribution in [3.8, 4) is 0 Å². The van der Waals surface area contributed by atoms with Gasteiger partial charge in [-0.25, -0.2) is 0 Å². The van der Waals surface area contributed by atoms with E-state index in [0.717, 1.165) is 25.1 Å². The largest absolute Gasteiger partial charge is 0.481 e. The summed E-state index contributed by atoms with van der Waals surface area (Å²) >= 11 is 0. The minimum atomic E-state index is -0.769. The Balaban J connectivity index is 2.05. The fourth-order valence-corrected chi connectivity index (χ4v) is 3.08. The monoisotopic (exact) mass is 293 g/mol. The molecule has 6 heteroatoms. The summed E-state index contributed by atoms with van der Waals surface area (Å²) in [6.07, 6.45) is 3.84. The van der Waals surface area contributed by atoms with Gasteiger partial charge in [-0.1, -0.05) is 6.92 Å². The highest BCUT2D eigenvalue weighted by Gasteiger charge is 2.29. The van der Waals surface area contributed by atoms with Crippen LogP contribution in [0.3, 0.4) is 0 Å². The Morgan fingerprint density at radius 3 is 2.81 bits per heavy atom. The topological polar surface area (TPSA) is 75.4 Å². The van der Waals surface area contributed by atoms with Crippen molar-refractivity contribution in [2.24, 2.45) is 18.9 Å². The Labute approximate surface area is 124 Å². The van der Waals surface area contributed by atoms with Gasteiger partial charge in [0.1, 0.15) is 0 Å². The van der Waals surface area contributed by atoms with Gasteiger partial charge in [0, 0.05) is 32.8 Å². The number of aromatic nitrogens is 2. The Morgan fingerprint density at radius 1 is 1.52 bits per heavy atom. The van der Waals surface area contributed by atoms with E-state index in [1.54, 1.807) is 17.9 Å². The number of amides is 1. The van der Waals surface area contributed by atoms with Gasteiger partial charge in [-0.05, 0) is 31.6 Å². The van der Waals surface area contributed by atoms with Crippen LogP contribution in [-0.4, -0.2) is 44.8 Å². The lowest BCUT2D eigenvalue weighted by molar-refractivity contribution is -0.138. The van der Waals surface area contributed by atoms with Crippen LogP contribution >= 0.6 is 0 Å². The van der Waals surface area contributed by atoms with Crippen molar-refractivity contribution in [3.05, 3.63) is 17.5 Å². The SMILES string of the molecule is Cc1nn(C)cc1C(=O)N1CCCC(C(C)CC(=O)O)C1. The lowest BCUT2D eigenvalue weighted by atomic mass is 9.84. The lowest BCUT2D eigenvalue weighted by Gasteiger charge is -2.35. The summed E-state index contributed by atoms with van der Waals surface area (Å²) < 4.78 is 1.65. The number of piperidine rings is 1. The second kappa shape index (κ2) is 6.28. The molecule has 2 heterocycles. The molecule has 0 saturated carbocycles. The smallest absolute Gasteiger partial charge is 0.303 e. The van der Waals surface area contributed by atoms with Gasteiger partial charge < -0.3 is 10.0 Å². The summed E-state index contributed by atoms with van der Waals surface area (Å²) in [6.45, 7) is 5.18. The Morgan fingerprint density at radius 2 is 2.24 bits per heavy atom. The second-order valence-corrected chi connectivity index (χ2v) is 6.03. The summed E-state index contributed by atoms with van der Waals surface area (Å²) in [5.41, 5.74) is 1.38. The molecule has 0 aromatic carbocycles. The number of hydrogen-bond acceptors (Lipinski definition) is 3. The average Bonchev–Trinajstić information content (AvgIpc) is 2.76. The van der Waals surface area contributed by atoms with Gasteiger partial charge in [0.25, 0.3) is 5.91 Å². The molecule has 6 nitrogen and oxygen atoms in total. The number of carboxylic acids is 1. The number of hydrogen-bond donors (Lipinski definition) is 1. The Kier molecular flexibility index (Phi) is 4.65. The van der Waals surface area contributed by atoms with Crippen LogP contribution in [0.2, 0.25) is 0 Å². The average molecular weight is 293 g/mol. The van der Waals surface area contributed by atoms with E-state index in [-0.39, 0.29) is 24.2 Å². The summed E-state index contributed by atoms with van der Waals surface area (Å²) in [6, 6.07) is 0. The first-order valence-electron chi connectivity index (χ1n) is 7.39. The number of aryl methyl sites for hydroxylation is 2. The van der Waals surface area contributed by atoms with Crippen LogP contribution in [0.15, 0.2) is 6.20 Å². The van der Waals surface area contributed by atoms with Gasteiger partial charge in [0.05, 0.1) is 11.3 Å². The van der Waals surface area contributed by atoms with Crippen LogP contribution in [0.25, 0.3) is 0 Å². The molecule has 1 amide bonds. The van der Waals surface area contributed by atoms with E-state index >= 15 is 0 Å². The predicted octanol–water partition coefficient (Wildman–Crippen LogP) is 1.69. The Hall–Kier alpha value is -1.85. The van der Waals surface area contributed by atoms with E-state index in [2.05, 4.69) is 5.10 Å². The van der Waals surface area contributed by atoms with Gasteiger partial charge in [0.15, 0.2) is 0 Å². The van der Waals surface area contributed by atoms with Crippen LogP contribution in [0.4, 0.5) is 0 Å². The van der Waals surface area contributed by atoms with Crippen LogP contribution < -0.4 is 0 Å². The third-order valence-corrected chi connectivity index (χ3v) is 4.29. The van der Waals surface area contributed by atoms with Crippen LogP contribution in [0.5, 0.6) is 0 Å². The minimum Gasteiger partial charge on any atom is -0.481 e. The van der Waals surface area contributed by atoms with E-state index in [1.807, 2.05) is 18.7 Å². The normalized spacial score (nSPS) is 20.3. The lowest BCUT2D eigenvalue weighted by Crippen LogP contribution is -2.42. The molecule has 1 N–H and O–H groups in total. The molecule has 0 radical (unpaired) electrons. The number of aliphatic carboxylic acids is 1. The quantitative estimate of drug-likeness (QED) is 0.916. The standard InChI is InChI=1S/C15H23N3O3/c1-10(7-14(19)20)12-5-4-6-18(8-12)15(21)13-9-17(3)16-11(13)2/h9-10,12H,4-8H2,1-3H3,(H,19,20). The van der Waals surface area contributed by atoms with Gasteiger partial charge in [0.2, 0.25) is 0 Å². The minimum absolute atomic E-state index is 0.00725. The van der Waals surface area contributed by atoms with Crippen LogP contribution in [0.1, 0.15) is 42.2 Å². The zero-order valence-corrected chi connectivity index (χ0v) is 12.9. The summed E-state index contributed by atoms with van der Waals surface area (Å²) in [5.74, 6) is -0.411. The Bertz CT molecular complexity index is 538. The van der Waals surface area contributed by atoms with Crippen LogP contribution in [0, 0.1) is 18.8 Å². The number of nitrogens with zero attached hydrogens (tertiary/aromatic N) is 3. The molecular weight excluding hydrogens is 270 g/mol. The second-order valence-electron chi connectivity index (χ2n) is 6.03. The molecule has 1 aromatic heterocycles. The van der Waals surface area contributed by atoms with Crippen molar-refractivity contribution in [2.45, 2.75) is 33.1 Å². The van der Waals surface area contributed by atoms with Gasteiger partial charge in [-0.3, -0.25) is 14.3 Å². The van der Waals surface area contributed by atoms with E-state index in [0.29, 0.717) is 12.1 Å². The maximum atomic E-state index is 12.6. The summed E-state index contributed by atoms with van der Waals surface area (Å²) in [7, 11) is 1.80. The highest BCUT2D eigenvalue weighted by Crippen LogP contribution is 2.27. The zero-order chi connectivity index (χ0) is 15.6. The molecule has 1 saturated heterocycles. The van der Waals surface area contributed by atoms with E-state index in [4.69, 9.17) is 5.11 Å². The van der Waals surface area contributed by atoms with Crippen molar-refractivity contribution in [1.29, 1.82) is 0 Å². The van der Waals surface area contributed by atoms with Crippen molar-refractivity contribution in [3.63, 3.8) is 0 Å². The first-order valence-corrected chi connectivity index (χ1v) is 7.39. The summed E-state index contributed by atoms with van der Waals surface area (Å²) in [5, 5.41) is 13.1. The zero-order valence-electron chi connectivity index (χ0n) is 12.9. The number of carboxylic acid groups (broad SMARTS) is 1. The van der Waals surface area contributed by atoms with Gasteiger partial charge in [-0.15, -0.1) is 0 Å². The number of carbonyl (C=O) groups excluding carboxylic acids is 1. The fraction of sp³-hybridized carbons (Fsp3) is 0.667. The molecule has 21 heavy (non-hydrogen) atoms. The molecule has 116 valence electrons. The molecule has 0 aliphatic carbocycles. The van der Waals surface area contributed by atoms with Gasteiger partial charge >= 0.3 is 5.97 Å². The third-order valence-electron chi connectivity index (χ3n) is 4.29. The van der Waals surface area contributed by atoms with E-state index in [1.165, 1.54) is 0 Å². The number of likely N-dealkylation sites (tertiary alicyclic amines) is 1. The first-order chi connectivity index (χ1) is 9.88. The first kappa shape index (κ1) is 15.5. The maximum Gasteiger partial charge on any atom is 0.303 e. The molecule has 0 bridgehead atoms. The highest BCUT2D eigenvalue weighted by atomic mass is 16.4.